The highest BCUT2D eigenvalue weighted by Gasteiger charge is 2.30. The SMILES string of the molecule is CCC(Oc1ccccc1)C(=O)N1CCCC(C)(O)CC1. The number of rotatable bonds is 4. The summed E-state index contributed by atoms with van der Waals surface area (Å²) in [6.07, 6.45) is 2.39. The summed E-state index contributed by atoms with van der Waals surface area (Å²) in [7, 11) is 0. The number of hydrogen-bond donors (Lipinski definition) is 1. The first-order valence-corrected chi connectivity index (χ1v) is 7.75. The van der Waals surface area contributed by atoms with Gasteiger partial charge >= 0.3 is 0 Å². The molecule has 1 saturated heterocycles. The predicted molar refractivity (Wildman–Crippen MR) is 82.2 cm³/mol. The van der Waals surface area contributed by atoms with Crippen LogP contribution in [0.2, 0.25) is 0 Å². The minimum Gasteiger partial charge on any atom is -0.481 e. The minimum atomic E-state index is -0.656. The van der Waals surface area contributed by atoms with Gasteiger partial charge in [-0.25, -0.2) is 0 Å². The topological polar surface area (TPSA) is 49.8 Å². The maximum atomic E-state index is 12.6. The fourth-order valence-electron chi connectivity index (χ4n) is 2.66. The summed E-state index contributed by atoms with van der Waals surface area (Å²) in [6, 6.07) is 9.45. The van der Waals surface area contributed by atoms with Gasteiger partial charge in [-0.05, 0) is 44.7 Å². The molecular weight excluding hydrogens is 266 g/mol. The highest BCUT2D eigenvalue weighted by molar-refractivity contribution is 5.81. The van der Waals surface area contributed by atoms with Gasteiger partial charge in [0.05, 0.1) is 5.60 Å². The number of likely N-dealkylation sites (tertiary alicyclic amines) is 1. The van der Waals surface area contributed by atoms with Gasteiger partial charge in [-0.1, -0.05) is 25.1 Å². The molecule has 21 heavy (non-hydrogen) atoms. The van der Waals surface area contributed by atoms with Crippen molar-refractivity contribution >= 4 is 5.91 Å². The molecule has 1 N–H and O–H groups in total. The Kier molecular flexibility index (Phi) is 5.23. The van der Waals surface area contributed by atoms with Gasteiger partial charge in [-0.3, -0.25) is 4.79 Å². The molecular formula is C17H25NO3. The van der Waals surface area contributed by atoms with Gasteiger partial charge in [0.25, 0.3) is 5.91 Å². The summed E-state index contributed by atoms with van der Waals surface area (Å²) in [4.78, 5) is 14.4. The van der Waals surface area contributed by atoms with E-state index < -0.39 is 11.7 Å². The third kappa shape index (κ3) is 4.46. The van der Waals surface area contributed by atoms with E-state index in [0.717, 1.165) is 18.6 Å². The molecule has 0 radical (unpaired) electrons. The van der Waals surface area contributed by atoms with Gasteiger partial charge < -0.3 is 14.7 Å². The van der Waals surface area contributed by atoms with E-state index in [1.807, 2.05) is 49.1 Å². The normalized spacial score (nSPS) is 24.2. The first-order chi connectivity index (χ1) is 10.0. The molecule has 0 aliphatic carbocycles. The van der Waals surface area contributed by atoms with E-state index in [4.69, 9.17) is 4.74 Å². The Morgan fingerprint density at radius 3 is 2.71 bits per heavy atom. The smallest absolute Gasteiger partial charge is 0.263 e. The lowest BCUT2D eigenvalue weighted by atomic mass is 9.98. The van der Waals surface area contributed by atoms with Gasteiger partial charge in [0.1, 0.15) is 5.75 Å². The van der Waals surface area contributed by atoms with Crippen LogP contribution >= 0.6 is 0 Å². The number of carbonyl (C=O) groups excluding carboxylic acids is 1. The molecule has 0 spiro atoms. The van der Waals surface area contributed by atoms with E-state index >= 15 is 0 Å². The molecule has 0 bridgehead atoms. The van der Waals surface area contributed by atoms with Gasteiger partial charge in [-0.15, -0.1) is 0 Å². The molecule has 4 nitrogen and oxygen atoms in total. The van der Waals surface area contributed by atoms with Crippen LogP contribution in [0.5, 0.6) is 5.75 Å². The van der Waals surface area contributed by atoms with Crippen LogP contribution in [0.4, 0.5) is 0 Å². The predicted octanol–water partition coefficient (Wildman–Crippen LogP) is 2.61. The quantitative estimate of drug-likeness (QED) is 0.927. The molecule has 1 amide bonds. The maximum absolute atomic E-state index is 12.6. The molecule has 1 aromatic carbocycles. The zero-order valence-corrected chi connectivity index (χ0v) is 12.9. The number of hydrogen-bond acceptors (Lipinski definition) is 3. The molecule has 2 rings (SSSR count). The molecule has 2 unspecified atom stereocenters. The van der Waals surface area contributed by atoms with Crippen molar-refractivity contribution in [1.82, 2.24) is 4.90 Å². The molecule has 2 atom stereocenters. The molecule has 0 aromatic heterocycles. The highest BCUT2D eigenvalue weighted by Crippen LogP contribution is 2.22. The van der Waals surface area contributed by atoms with Crippen molar-refractivity contribution in [3.8, 4) is 5.75 Å². The number of aliphatic hydroxyl groups is 1. The van der Waals surface area contributed by atoms with Gasteiger partial charge in [0.2, 0.25) is 0 Å². The van der Waals surface area contributed by atoms with Crippen LogP contribution in [-0.2, 0) is 4.79 Å². The third-order valence-corrected chi connectivity index (χ3v) is 4.04. The zero-order valence-electron chi connectivity index (χ0n) is 12.9. The molecule has 1 aliphatic heterocycles. The fraction of sp³-hybridized carbons (Fsp3) is 0.588. The van der Waals surface area contributed by atoms with Crippen molar-refractivity contribution < 1.29 is 14.6 Å². The molecule has 1 heterocycles. The first kappa shape index (κ1) is 15.8. The van der Waals surface area contributed by atoms with Gasteiger partial charge in [-0.2, -0.15) is 0 Å². The van der Waals surface area contributed by atoms with Crippen molar-refractivity contribution in [1.29, 1.82) is 0 Å². The second kappa shape index (κ2) is 6.94. The average Bonchev–Trinajstić information content (AvgIpc) is 2.66. The Labute approximate surface area is 126 Å². The summed E-state index contributed by atoms with van der Waals surface area (Å²) in [6.45, 7) is 5.10. The van der Waals surface area contributed by atoms with E-state index in [9.17, 15) is 9.90 Å². The van der Waals surface area contributed by atoms with Crippen LogP contribution < -0.4 is 4.74 Å². The summed E-state index contributed by atoms with van der Waals surface area (Å²) < 4.78 is 5.82. The lowest BCUT2D eigenvalue weighted by Gasteiger charge is -2.26. The second-order valence-electron chi connectivity index (χ2n) is 6.00. The van der Waals surface area contributed by atoms with Crippen LogP contribution in [-0.4, -0.2) is 40.7 Å². The average molecular weight is 291 g/mol. The van der Waals surface area contributed by atoms with E-state index in [1.54, 1.807) is 0 Å². The van der Waals surface area contributed by atoms with Crippen LogP contribution in [0.15, 0.2) is 30.3 Å². The van der Waals surface area contributed by atoms with Crippen molar-refractivity contribution in [2.75, 3.05) is 13.1 Å². The van der Waals surface area contributed by atoms with Crippen molar-refractivity contribution in [3.63, 3.8) is 0 Å². The fourth-order valence-corrected chi connectivity index (χ4v) is 2.66. The van der Waals surface area contributed by atoms with Crippen LogP contribution in [0.3, 0.4) is 0 Å². The Balaban J connectivity index is 1.99. The van der Waals surface area contributed by atoms with Crippen LogP contribution in [0.25, 0.3) is 0 Å². The van der Waals surface area contributed by atoms with Crippen molar-refractivity contribution in [2.24, 2.45) is 0 Å². The Morgan fingerprint density at radius 1 is 1.33 bits per heavy atom. The molecule has 1 fully saturated rings. The summed E-state index contributed by atoms with van der Waals surface area (Å²) in [5, 5.41) is 10.1. The Hall–Kier alpha value is -1.55. The summed E-state index contributed by atoms with van der Waals surface area (Å²) in [5.74, 6) is 0.749. The molecule has 116 valence electrons. The van der Waals surface area contributed by atoms with Crippen LogP contribution in [0, 0.1) is 0 Å². The van der Waals surface area contributed by atoms with Crippen LogP contribution in [0.1, 0.15) is 39.5 Å². The highest BCUT2D eigenvalue weighted by atomic mass is 16.5. The molecule has 0 saturated carbocycles. The lowest BCUT2D eigenvalue weighted by Crippen LogP contribution is -2.42. The summed E-state index contributed by atoms with van der Waals surface area (Å²) >= 11 is 0. The molecule has 1 aromatic rings. The second-order valence-corrected chi connectivity index (χ2v) is 6.00. The standard InChI is InChI=1S/C17H25NO3/c1-3-15(21-14-8-5-4-6-9-14)16(19)18-12-7-10-17(2,20)11-13-18/h4-6,8-9,15,20H,3,7,10-13H2,1-2H3. The molecule has 1 aliphatic rings. The zero-order chi connectivity index (χ0) is 15.3. The van der Waals surface area contributed by atoms with E-state index in [0.29, 0.717) is 25.9 Å². The van der Waals surface area contributed by atoms with E-state index in [2.05, 4.69) is 0 Å². The largest absolute Gasteiger partial charge is 0.481 e. The van der Waals surface area contributed by atoms with E-state index in [1.165, 1.54) is 0 Å². The van der Waals surface area contributed by atoms with Crippen molar-refractivity contribution in [2.45, 2.75) is 51.2 Å². The lowest BCUT2D eigenvalue weighted by molar-refractivity contribution is -0.139. The number of amides is 1. The minimum absolute atomic E-state index is 0.0269. The maximum Gasteiger partial charge on any atom is 0.263 e. The Bertz CT molecular complexity index is 458. The molecule has 4 heteroatoms. The summed E-state index contributed by atoms with van der Waals surface area (Å²) in [5.41, 5.74) is -0.656. The van der Waals surface area contributed by atoms with Crippen molar-refractivity contribution in [3.05, 3.63) is 30.3 Å². The van der Waals surface area contributed by atoms with Gasteiger partial charge in [0.15, 0.2) is 6.10 Å². The monoisotopic (exact) mass is 291 g/mol. The van der Waals surface area contributed by atoms with E-state index in [-0.39, 0.29) is 5.91 Å². The van der Waals surface area contributed by atoms with Gasteiger partial charge in [0, 0.05) is 13.1 Å². The number of benzene rings is 1. The number of carbonyl (C=O) groups is 1. The third-order valence-electron chi connectivity index (χ3n) is 4.04. The first-order valence-electron chi connectivity index (χ1n) is 7.75. The number of para-hydroxylation sites is 1. The number of ether oxygens (including phenoxy) is 1. The Morgan fingerprint density at radius 2 is 2.05 bits per heavy atom. The number of nitrogens with zero attached hydrogens (tertiary/aromatic N) is 1.